The molecule has 1 saturated carbocycles. The van der Waals surface area contributed by atoms with Gasteiger partial charge in [-0.3, -0.25) is 4.79 Å². The first-order chi connectivity index (χ1) is 8.16. The van der Waals surface area contributed by atoms with Gasteiger partial charge in [0.1, 0.15) is 0 Å². The third-order valence-corrected chi connectivity index (χ3v) is 3.00. The fourth-order valence-electron chi connectivity index (χ4n) is 1.98. The summed E-state index contributed by atoms with van der Waals surface area (Å²) in [7, 11) is 0. The Morgan fingerprint density at radius 2 is 2.00 bits per heavy atom. The van der Waals surface area contributed by atoms with Gasteiger partial charge in [0.05, 0.1) is 0 Å². The molecule has 1 aromatic rings. The topological polar surface area (TPSA) is 46.3 Å². The van der Waals surface area contributed by atoms with Gasteiger partial charge in [0, 0.05) is 25.0 Å². The zero-order valence-electron chi connectivity index (χ0n) is 10.7. The molecule has 18 heavy (non-hydrogen) atoms. The molecule has 1 aliphatic carbocycles. The maximum atomic E-state index is 12.1. The van der Waals surface area contributed by atoms with Crippen molar-refractivity contribution in [1.29, 1.82) is 0 Å². The summed E-state index contributed by atoms with van der Waals surface area (Å²) < 4.78 is 0. The molecule has 1 unspecified atom stereocenters. The number of carbonyl (C=O) groups excluding carboxylic acids is 1. The number of halogens is 1. The summed E-state index contributed by atoms with van der Waals surface area (Å²) in [6, 6.07) is 10.5. The smallest absolute Gasteiger partial charge is 0.224 e. The number of amides is 1. The molecule has 1 atom stereocenters. The van der Waals surface area contributed by atoms with Gasteiger partial charge < -0.3 is 10.6 Å². The Morgan fingerprint density at radius 3 is 2.50 bits per heavy atom. The fraction of sp³-hybridized carbons (Fsp3) is 0.500. The fourth-order valence-corrected chi connectivity index (χ4v) is 1.98. The van der Waals surface area contributed by atoms with E-state index in [1.54, 1.807) is 0 Å². The first kappa shape index (κ1) is 15.0. The number of benzene rings is 1. The van der Waals surface area contributed by atoms with Gasteiger partial charge in [0.25, 0.3) is 0 Å². The van der Waals surface area contributed by atoms with E-state index < -0.39 is 0 Å². The molecule has 3 nitrogen and oxygen atoms in total. The van der Waals surface area contributed by atoms with Gasteiger partial charge in [-0.1, -0.05) is 30.3 Å². The molecule has 0 saturated heterocycles. The lowest BCUT2D eigenvalue weighted by Gasteiger charge is -2.23. The molecule has 0 spiro atoms. The molecule has 1 aromatic carbocycles. The highest BCUT2D eigenvalue weighted by Gasteiger charge is 2.32. The Hall–Kier alpha value is -1.06. The van der Waals surface area contributed by atoms with Crippen LogP contribution in [0.15, 0.2) is 30.3 Å². The predicted molar refractivity (Wildman–Crippen MR) is 75.5 cm³/mol. The van der Waals surface area contributed by atoms with E-state index >= 15 is 0 Å². The van der Waals surface area contributed by atoms with Crippen LogP contribution in [0.4, 0.5) is 0 Å². The molecular formula is C14H21ClN2O. The average molecular weight is 269 g/mol. The number of carbonyl (C=O) groups is 1. The van der Waals surface area contributed by atoms with Crippen molar-refractivity contribution in [3.63, 3.8) is 0 Å². The first-order valence-corrected chi connectivity index (χ1v) is 6.26. The van der Waals surface area contributed by atoms with Crippen molar-refractivity contribution in [1.82, 2.24) is 4.90 Å². The van der Waals surface area contributed by atoms with Crippen molar-refractivity contribution in [3.05, 3.63) is 35.9 Å². The number of nitrogens with zero attached hydrogens (tertiary/aromatic N) is 1. The first-order valence-electron chi connectivity index (χ1n) is 6.26. The molecule has 1 fully saturated rings. The van der Waals surface area contributed by atoms with Crippen LogP contribution in [0, 0.1) is 0 Å². The summed E-state index contributed by atoms with van der Waals surface area (Å²) in [5.41, 5.74) is 6.89. The van der Waals surface area contributed by atoms with E-state index in [4.69, 9.17) is 5.73 Å². The summed E-state index contributed by atoms with van der Waals surface area (Å²) in [4.78, 5) is 14.1. The zero-order valence-corrected chi connectivity index (χ0v) is 11.5. The lowest BCUT2D eigenvalue weighted by atomic mass is 10.2. The van der Waals surface area contributed by atoms with Crippen LogP contribution in [-0.2, 0) is 11.3 Å². The molecule has 0 aliphatic heterocycles. The van der Waals surface area contributed by atoms with Crippen LogP contribution in [0.2, 0.25) is 0 Å². The van der Waals surface area contributed by atoms with Crippen LogP contribution in [0.5, 0.6) is 0 Å². The lowest BCUT2D eigenvalue weighted by molar-refractivity contribution is -0.132. The van der Waals surface area contributed by atoms with Crippen molar-refractivity contribution in [2.75, 3.05) is 0 Å². The van der Waals surface area contributed by atoms with Gasteiger partial charge in [0.15, 0.2) is 0 Å². The number of rotatable bonds is 5. The molecule has 0 heterocycles. The van der Waals surface area contributed by atoms with E-state index in [0.717, 1.165) is 19.4 Å². The van der Waals surface area contributed by atoms with E-state index in [9.17, 15) is 4.79 Å². The van der Waals surface area contributed by atoms with Crippen LogP contribution in [0.1, 0.15) is 31.7 Å². The van der Waals surface area contributed by atoms with Gasteiger partial charge in [-0.2, -0.15) is 0 Å². The Kier molecular flexibility index (Phi) is 5.63. The third-order valence-electron chi connectivity index (χ3n) is 3.00. The predicted octanol–water partition coefficient (Wildman–Crippen LogP) is 2.34. The van der Waals surface area contributed by atoms with E-state index in [1.165, 1.54) is 5.56 Å². The van der Waals surface area contributed by atoms with E-state index in [1.807, 2.05) is 30.0 Å². The second-order valence-electron chi connectivity index (χ2n) is 4.92. The standard InChI is InChI=1S/C14H20N2O.ClH/c1-11(15)9-14(17)16(13-7-8-13)10-12-5-3-2-4-6-12;/h2-6,11,13H,7-10,15H2,1H3;1H. The third kappa shape index (κ3) is 4.31. The van der Waals surface area contributed by atoms with E-state index in [0.29, 0.717) is 12.5 Å². The van der Waals surface area contributed by atoms with Crippen LogP contribution >= 0.6 is 12.4 Å². The van der Waals surface area contributed by atoms with Gasteiger partial charge in [-0.15, -0.1) is 12.4 Å². The number of hydrogen-bond acceptors (Lipinski definition) is 2. The highest BCUT2D eigenvalue weighted by Crippen LogP contribution is 2.29. The summed E-state index contributed by atoms with van der Waals surface area (Å²) in [5, 5.41) is 0. The van der Waals surface area contributed by atoms with Gasteiger partial charge in [-0.25, -0.2) is 0 Å². The summed E-state index contributed by atoms with van der Waals surface area (Å²) in [5.74, 6) is 0.186. The quantitative estimate of drug-likeness (QED) is 0.891. The number of nitrogens with two attached hydrogens (primary N) is 1. The summed E-state index contributed by atoms with van der Waals surface area (Å²) in [6.45, 7) is 2.60. The molecule has 4 heteroatoms. The molecule has 0 radical (unpaired) electrons. The number of hydrogen-bond donors (Lipinski definition) is 1. The molecule has 1 aliphatic rings. The SMILES string of the molecule is CC(N)CC(=O)N(Cc1ccccc1)C1CC1.Cl. The van der Waals surface area contributed by atoms with Crippen LogP contribution < -0.4 is 5.73 Å². The Labute approximate surface area is 115 Å². The molecule has 1 amide bonds. The molecule has 2 rings (SSSR count). The minimum atomic E-state index is -0.0560. The van der Waals surface area contributed by atoms with E-state index in [-0.39, 0.29) is 24.4 Å². The maximum Gasteiger partial charge on any atom is 0.224 e. The van der Waals surface area contributed by atoms with Gasteiger partial charge in [0.2, 0.25) is 5.91 Å². The van der Waals surface area contributed by atoms with Crippen molar-refractivity contribution < 1.29 is 4.79 Å². The molecule has 2 N–H and O–H groups in total. The molecule has 0 aromatic heterocycles. The van der Waals surface area contributed by atoms with Crippen LogP contribution in [0.3, 0.4) is 0 Å². The van der Waals surface area contributed by atoms with Crippen LogP contribution in [0.25, 0.3) is 0 Å². The Balaban J connectivity index is 0.00000162. The Bertz CT molecular complexity index is 377. The minimum absolute atomic E-state index is 0. The summed E-state index contributed by atoms with van der Waals surface area (Å²) in [6.07, 6.45) is 2.72. The molecule has 100 valence electrons. The van der Waals surface area contributed by atoms with E-state index in [2.05, 4.69) is 12.1 Å². The zero-order chi connectivity index (χ0) is 12.3. The van der Waals surface area contributed by atoms with Crippen molar-refractivity contribution >= 4 is 18.3 Å². The average Bonchev–Trinajstić information content (AvgIpc) is 3.10. The van der Waals surface area contributed by atoms with Crippen LogP contribution in [-0.4, -0.2) is 22.9 Å². The second-order valence-corrected chi connectivity index (χ2v) is 4.92. The highest BCUT2D eigenvalue weighted by molar-refractivity contribution is 5.85. The van der Waals surface area contributed by atoms with Gasteiger partial charge >= 0.3 is 0 Å². The highest BCUT2D eigenvalue weighted by atomic mass is 35.5. The lowest BCUT2D eigenvalue weighted by Crippen LogP contribution is -2.36. The van der Waals surface area contributed by atoms with Gasteiger partial charge in [-0.05, 0) is 25.3 Å². The van der Waals surface area contributed by atoms with Crippen molar-refractivity contribution in [3.8, 4) is 0 Å². The molecular weight excluding hydrogens is 248 g/mol. The normalized spacial score (nSPS) is 15.7. The van der Waals surface area contributed by atoms with Crippen molar-refractivity contribution in [2.45, 2.75) is 44.8 Å². The largest absolute Gasteiger partial charge is 0.335 e. The second kappa shape index (κ2) is 6.76. The Morgan fingerprint density at radius 1 is 1.39 bits per heavy atom. The van der Waals surface area contributed by atoms with Crippen molar-refractivity contribution in [2.24, 2.45) is 5.73 Å². The molecule has 0 bridgehead atoms. The monoisotopic (exact) mass is 268 g/mol. The summed E-state index contributed by atoms with van der Waals surface area (Å²) >= 11 is 0. The maximum absolute atomic E-state index is 12.1. The minimum Gasteiger partial charge on any atom is -0.335 e.